The van der Waals surface area contributed by atoms with E-state index in [4.69, 9.17) is 10.2 Å². The number of allylic oxidation sites excluding steroid dienone is 2. The van der Waals surface area contributed by atoms with Crippen molar-refractivity contribution in [2.45, 2.75) is 97.3 Å². The third-order valence-electron chi connectivity index (χ3n) is 4.43. The highest BCUT2D eigenvalue weighted by Crippen LogP contribution is 2.24. The average molecular weight is 341 g/mol. The van der Waals surface area contributed by atoms with Crippen molar-refractivity contribution in [3.8, 4) is 0 Å². The van der Waals surface area contributed by atoms with E-state index in [0.29, 0.717) is 6.42 Å². The second kappa shape index (κ2) is 14.1. The first-order chi connectivity index (χ1) is 11.4. The van der Waals surface area contributed by atoms with E-state index in [2.05, 4.69) is 12.2 Å². The fraction of sp³-hybridized carbons (Fsp3) is 0.800. The first-order valence-electron chi connectivity index (χ1n) is 9.46. The molecule has 0 radical (unpaired) electrons. The molecule has 0 aliphatic heterocycles. The molecule has 0 aliphatic rings. The van der Waals surface area contributed by atoms with Crippen molar-refractivity contribution in [1.29, 1.82) is 0 Å². The van der Waals surface area contributed by atoms with Gasteiger partial charge in [0.15, 0.2) is 0 Å². The van der Waals surface area contributed by atoms with Crippen LogP contribution in [0.3, 0.4) is 0 Å². The lowest BCUT2D eigenvalue weighted by molar-refractivity contribution is -0.147. The molecule has 0 amide bonds. The molecule has 0 heterocycles. The summed E-state index contributed by atoms with van der Waals surface area (Å²) in [5, 5.41) is 17.6. The van der Waals surface area contributed by atoms with Crippen LogP contribution in [0.2, 0.25) is 0 Å². The molecular weight excluding hydrogens is 304 g/mol. The summed E-state index contributed by atoms with van der Waals surface area (Å²) in [6, 6.07) is 0. The molecule has 0 aromatic rings. The lowest BCUT2D eigenvalue weighted by Crippen LogP contribution is -2.23. The van der Waals surface area contributed by atoms with Crippen molar-refractivity contribution in [3.63, 3.8) is 0 Å². The number of rotatable bonds is 16. The highest BCUT2D eigenvalue weighted by molar-refractivity contribution is 5.73. The normalized spacial score (nSPS) is 11.9. The Bertz CT molecular complexity index is 372. The molecule has 0 saturated heterocycles. The van der Waals surface area contributed by atoms with Gasteiger partial charge in [0.2, 0.25) is 0 Å². The molecule has 24 heavy (non-hydrogen) atoms. The Morgan fingerprint density at radius 1 is 0.750 bits per heavy atom. The van der Waals surface area contributed by atoms with E-state index in [1.54, 1.807) is 13.8 Å². The summed E-state index contributed by atoms with van der Waals surface area (Å²) in [5.74, 6) is -1.39. The summed E-state index contributed by atoms with van der Waals surface area (Å²) < 4.78 is 0. The Morgan fingerprint density at radius 2 is 1.21 bits per heavy atom. The lowest BCUT2D eigenvalue weighted by Gasteiger charge is -2.18. The number of hydrogen-bond donors (Lipinski definition) is 2. The van der Waals surface area contributed by atoms with Crippen LogP contribution < -0.4 is 0 Å². The minimum absolute atomic E-state index is 0.299. The van der Waals surface area contributed by atoms with Gasteiger partial charge in [0.25, 0.3) is 0 Å². The summed E-state index contributed by atoms with van der Waals surface area (Å²) in [5.41, 5.74) is -0.590. The average Bonchev–Trinajstić information content (AvgIpc) is 2.50. The van der Waals surface area contributed by atoms with Crippen LogP contribution in [-0.4, -0.2) is 22.2 Å². The van der Waals surface area contributed by atoms with Gasteiger partial charge in [-0.1, -0.05) is 50.7 Å². The van der Waals surface area contributed by atoms with Crippen LogP contribution in [0.25, 0.3) is 0 Å². The quantitative estimate of drug-likeness (QED) is 0.275. The molecule has 0 bridgehead atoms. The van der Waals surface area contributed by atoms with Gasteiger partial charge in [0.05, 0.1) is 5.41 Å². The molecule has 0 atom stereocenters. The monoisotopic (exact) mass is 340 g/mol. The number of carboxylic acids is 2. The van der Waals surface area contributed by atoms with Crippen molar-refractivity contribution >= 4 is 11.9 Å². The molecule has 0 spiro atoms. The Labute approximate surface area is 147 Å². The molecule has 0 rings (SSSR count). The fourth-order valence-electron chi connectivity index (χ4n) is 2.59. The van der Waals surface area contributed by atoms with Crippen LogP contribution in [0, 0.1) is 5.41 Å². The predicted molar refractivity (Wildman–Crippen MR) is 98.2 cm³/mol. The van der Waals surface area contributed by atoms with E-state index in [0.717, 1.165) is 51.4 Å². The molecular formula is C20H36O4. The summed E-state index contributed by atoms with van der Waals surface area (Å²) in [4.78, 5) is 21.3. The highest BCUT2D eigenvalue weighted by atomic mass is 16.4. The van der Waals surface area contributed by atoms with Crippen molar-refractivity contribution in [2.24, 2.45) is 5.41 Å². The third-order valence-corrected chi connectivity index (χ3v) is 4.43. The second-order valence-electron chi connectivity index (χ2n) is 7.31. The van der Waals surface area contributed by atoms with Crippen LogP contribution in [0.4, 0.5) is 0 Å². The first kappa shape index (κ1) is 22.7. The Kier molecular flexibility index (Phi) is 13.3. The molecule has 0 aromatic heterocycles. The van der Waals surface area contributed by atoms with Gasteiger partial charge in [-0.25, -0.2) is 0 Å². The number of hydrogen-bond acceptors (Lipinski definition) is 2. The topological polar surface area (TPSA) is 74.6 Å². The zero-order valence-electron chi connectivity index (χ0n) is 15.6. The number of carboxylic acid groups (broad SMARTS) is 2. The number of carbonyl (C=O) groups is 2. The molecule has 140 valence electrons. The SMILES string of the molecule is CC(C)(CCCCCCC=CCCCCCCCC(=O)O)C(=O)O. The molecule has 0 saturated carbocycles. The largest absolute Gasteiger partial charge is 0.481 e. The smallest absolute Gasteiger partial charge is 0.309 e. The standard InChI is InChI=1S/C20H36O4/c1-20(2,19(23)24)17-15-13-11-9-7-5-3-4-6-8-10-12-14-16-18(21)22/h3,5H,4,6-17H2,1-2H3,(H,21,22)(H,23,24). The molecule has 0 aliphatic carbocycles. The maximum atomic E-state index is 11.0. The van der Waals surface area contributed by atoms with Crippen molar-refractivity contribution in [2.75, 3.05) is 0 Å². The summed E-state index contributed by atoms with van der Waals surface area (Å²) >= 11 is 0. The van der Waals surface area contributed by atoms with Crippen LogP contribution in [-0.2, 0) is 9.59 Å². The van der Waals surface area contributed by atoms with Gasteiger partial charge < -0.3 is 10.2 Å². The van der Waals surface area contributed by atoms with E-state index < -0.39 is 17.4 Å². The van der Waals surface area contributed by atoms with Gasteiger partial charge in [0, 0.05) is 6.42 Å². The Balaban J connectivity index is 3.30. The third kappa shape index (κ3) is 14.3. The zero-order chi connectivity index (χ0) is 18.3. The van der Waals surface area contributed by atoms with Crippen LogP contribution in [0.1, 0.15) is 97.3 Å². The van der Waals surface area contributed by atoms with Crippen LogP contribution in [0.15, 0.2) is 12.2 Å². The minimum atomic E-state index is -0.702. The number of unbranched alkanes of at least 4 members (excludes halogenated alkanes) is 9. The predicted octanol–water partition coefficient (Wildman–Crippen LogP) is 5.81. The van der Waals surface area contributed by atoms with Crippen LogP contribution >= 0.6 is 0 Å². The lowest BCUT2D eigenvalue weighted by atomic mass is 9.87. The van der Waals surface area contributed by atoms with Crippen molar-refractivity contribution < 1.29 is 19.8 Å². The molecule has 0 unspecified atom stereocenters. The van der Waals surface area contributed by atoms with E-state index in [-0.39, 0.29) is 0 Å². The summed E-state index contributed by atoms with van der Waals surface area (Å²) in [7, 11) is 0. The van der Waals surface area contributed by atoms with Gasteiger partial charge in [-0.15, -0.1) is 0 Å². The molecule has 4 heteroatoms. The Morgan fingerprint density at radius 3 is 1.71 bits per heavy atom. The molecule has 2 N–H and O–H groups in total. The molecule has 0 aromatic carbocycles. The zero-order valence-corrected chi connectivity index (χ0v) is 15.6. The van der Waals surface area contributed by atoms with Gasteiger partial charge in [-0.05, 0) is 52.4 Å². The molecule has 0 fully saturated rings. The molecule has 4 nitrogen and oxygen atoms in total. The van der Waals surface area contributed by atoms with Gasteiger partial charge in [0.1, 0.15) is 0 Å². The number of aliphatic carboxylic acids is 2. The maximum Gasteiger partial charge on any atom is 0.309 e. The van der Waals surface area contributed by atoms with Gasteiger partial charge in [-0.3, -0.25) is 9.59 Å². The van der Waals surface area contributed by atoms with Crippen molar-refractivity contribution in [1.82, 2.24) is 0 Å². The van der Waals surface area contributed by atoms with Gasteiger partial charge in [-0.2, -0.15) is 0 Å². The van der Waals surface area contributed by atoms with E-state index in [1.165, 1.54) is 25.7 Å². The maximum absolute atomic E-state index is 11.0. The fourth-order valence-corrected chi connectivity index (χ4v) is 2.59. The van der Waals surface area contributed by atoms with E-state index in [1.807, 2.05) is 0 Å². The van der Waals surface area contributed by atoms with Gasteiger partial charge >= 0.3 is 11.9 Å². The van der Waals surface area contributed by atoms with E-state index >= 15 is 0 Å². The first-order valence-corrected chi connectivity index (χ1v) is 9.46. The second-order valence-corrected chi connectivity index (χ2v) is 7.31. The summed E-state index contributed by atoms with van der Waals surface area (Å²) in [6.45, 7) is 3.59. The van der Waals surface area contributed by atoms with Crippen LogP contribution in [0.5, 0.6) is 0 Å². The highest BCUT2D eigenvalue weighted by Gasteiger charge is 2.25. The summed E-state index contributed by atoms with van der Waals surface area (Å²) in [6.07, 6.45) is 17.6. The minimum Gasteiger partial charge on any atom is -0.481 e. The van der Waals surface area contributed by atoms with Crippen molar-refractivity contribution in [3.05, 3.63) is 12.2 Å². The Hall–Kier alpha value is -1.32. The van der Waals surface area contributed by atoms with E-state index in [9.17, 15) is 9.59 Å².